The van der Waals surface area contributed by atoms with E-state index >= 15 is 0 Å². The largest absolute Gasteiger partial charge is 0.394 e. The van der Waals surface area contributed by atoms with Crippen molar-refractivity contribution in [2.24, 2.45) is 0 Å². The Morgan fingerprint density at radius 3 is 1.00 bits per heavy atom. The Morgan fingerprint density at radius 1 is 0.357 bits per heavy atom. The number of nitrogens with one attached hydrogen (secondary N) is 1. The van der Waals surface area contributed by atoms with E-state index < -0.39 is 12.1 Å². The van der Waals surface area contributed by atoms with Crippen molar-refractivity contribution in [3.05, 3.63) is 134 Å². The molecule has 2 unspecified atom stereocenters. The van der Waals surface area contributed by atoms with Gasteiger partial charge in [0.15, 0.2) is 0 Å². The van der Waals surface area contributed by atoms with E-state index in [1.54, 1.807) is 6.08 Å². The number of carbonyl (C=O) groups is 1. The lowest BCUT2D eigenvalue weighted by Gasteiger charge is -2.19. The van der Waals surface area contributed by atoms with Gasteiger partial charge in [-0.05, 0) is 103 Å². The standard InChI is InChI=1S/C66H111NO3/c1-3-5-7-9-11-13-15-17-19-21-23-25-27-29-30-31-32-33-34-35-36-38-40-42-44-46-48-50-52-54-56-58-60-62-66(70)67-64(63-68)65(69)61-59-57-55-53-51-49-47-45-43-41-39-37-28-26-24-22-20-18-16-14-12-10-8-6-4-2/h5,7,11,13,17,19,23,25,29-30,32-33,35-36,40,42,46,48,51,53,59,61,64-65,68-69H,3-4,6,8-10,12,14-16,18,20-22,24,26-28,31,34,37-39,41,43-45,47,49-50,52,54-58,60,62-63H2,1-2H3,(H,67,70)/b7-5-,13-11-,19-17-,25-23-,30-29-,33-32-,36-35-,42-40-,48-46-,53-51+,61-59+. The lowest BCUT2D eigenvalue weighted by Crippen LogP contribution is -2.45. The highest BCUT2D eigenvalue weighted by Gasteiger charge is 2.17. The normalized spacial score (nSPS) is 13.8. The predicted octanol–water partition coefficient (Wildman–Crippen LogP) is 19.8. The Balaban J connectivity index is 3.67. The molecule has 0 aromatic carbocycles. The molecule has 1 amide bonds. The van der Waals surface area contributed by atoms with Gasteiger partial charge in [-0.3, -0.25) is 4.79 Å². The minimum atomic E-state index is -0.882. The predicted molar refractivity (Wildman–Crippen MR) is 312 cm³/mol. The molecule has 0 heterocycles. The van der Waals surface area contributed by atoms with Crippen LogP contribution in [0.1, 0.15) is 258 Å². The highest BCUT2D eigenvalue weighted by Crippen LogP contribution is 2.15. The van der Waals surface area contributed by atoms with Crippen molar-refractivity contribution in [3.63, 3.8) is 0 Å². The van der Waals surface area contributed by atoms with Crippen LogP contribution in [0.15, 0.2) is 134 Å². The van der Waals surface area contributed by atoms with Crippen LogP contribution in [0, 0.1) is 0 Å². The second-order valence-electron chi connectivity index (χ2n) is 19.3. The molecular formula is C66H111NO3. The summed E-state index contributed by atoms with van der Waals surface area (Å²) in [6, 6.07) is -0.661. The molecule has 0 aromatic heterocycles. The number of aliphatic hydroxyl groups excluding tert-OH is 2. The molecule has 0 aliphatic carbocycles. The van der Waals surface area contributed by atoms with E-state index in [4.69, 9.17) is 0 Å². The van der Waals surface area contributed by atoms with E-state index in [0.29, 0.717) is 6.42 Å². The van der Waals surface area contributed by atoms with Crippen LogP contribution in [0.25, 0.3) is 0 Å². The maximum Gasteiger partial charge on any atom is 0.220 e. The summed E-state index contributed by atoms with van der Waals surface area (Å²) >= 11 is 0. The molecule has 398 valence electrons. The number of hydrogen-bond donors (Lipinski definition) is 3. The average molecular weight is 967 g/mol. The molecule has 70 heavy (non-hydrogen) atoms. The lowest BCUT2D eigenvalue weighted by molar-refractivity contribution is -0.123. The van der Waals surface area contributed by atoms with Gasteiger partial charge in [-0.2, -0.15) is 0 Å². The first-order chi connectivity index (χ1) is 34.7. The number of amides is 1. The van der Waals surface area contributed by atoms with Crippen LogP contribution in [0.5, 0.6) is 0 Å². The van der Waals surface area contributed by atoms with Gasteiger partial charge >= 0.3 is 0 Å². The van der Waals surface area contributed by atoms with E-state index in [1.807, 2.05) is 6.08 Å². The summed E-state index contributed by atoms with van der Waals surface area (Å²) in [6.07, 6.45) is 93.3. The van der Waals surface area contributed by atoms with Gasteiger partial charge in [0, 0.05) is 6.42 Å². The fraction of sp³-hybridized carbons (Fsp3) is 0.652. The van der Waals surface area contributed by atoms with Gasteiger partial charge in [0.05, 0.1) is 18.8 Å². The molecule has 2 atom stereocenters. The number of aliphatic hydroxyl groups is 2. The summed E-state index contributed by atoms with van der Waals surface area (Å²) < 4.78 is 0. The first kappa shape index (κ1) is 66.5. The van der Waals surface area contributed by atoms with Crippen LogP contribution in [0.2, 0.25) is 0 Å². The Morgan fingerprint density at radius 2 is 0.643 bits per heavy atom. The van der Waals surface area contributed by atoms with E-state index in [1.165, 1.54) is 135 Å². The molecule has 0 aliphatic heterocycles. The third-order valence-electron chi connectivity index (χ3n) is 12.6. The third kappa shape index (κ3) is 55.5. The molecule has 4 heteroatoms. The molecule has 0 saturated heterocycles. The van der Waals surface area contributed by atoms with Crippen LogP contribution in [0.3, 0.4) is 0 Å². The van der Waals surface area contributed by atoms with Gasteiger partial charge in [0.2, 0.25) is 5.91 Å². The highest BCUT2D eigenvalue weighted by atomic mass is 16.3. The van der Waals surface area contributed by atoms with Gasteiger partial charge in [0.1, 0.15) is 0 Å². The van der Waals surface area contributed by atoms with Gasteiger partial charge in [-0.1, -0.05) is 282 Å². The highest BCUT2D eigenvalue weighted by molar-refractivity contribution is 5.76. The monoisotopic (exact) mass is 966 g/mol. The number of allylic oxidation sites excluding steroid dienone is 21. The summed E-state index contributed by atoms with van der Waals surface area (Å²) in [6.45, 7) is 4.18. The minimum Gasteiger partial charge on any atom is -0.394 e. The molecule has 0 fully saturated rings. The summed E-state index contributed by atoms with van der Waals surface area (Å²) in [5, 5.41) is 23.2. The van der Waals surface area contributed by atoms with Crippen molar-refractivity contribution in [1.82, 2.24) is 5.32 Å². The van der Waals surface area contributed by atoms with Crippen molar-refractivity contribution in [2.75, 3.05) is 6.61 Å². The molecule has 0 spiro atoms. The van der Waals surface area contributed by atoms with E-state index in [9.17, 15) is 15.0 Å². The van der Waals surface area contributed by atoms with E-state index in [-0.39, 0.29) is 12.5 Å². The summed E-state index contributed by atoms with van der Waals surface area (Å²) in [4.78, 5) is 12.5. The zero-order valence-electron chi connectivity index (χ0n) is 45.7. The summed E-state index contributed by atoms with van der Waals surface area (Å²) in [5.41, 5.74) is 0. The van der Waals surface area contributed by atoms with Crippen molar-refractivity contribution in [3.8, 4) is 0 Å². The van der Waals surface area contributed by atoms with Crippen LogP contribution < -0.4 is 5.32 Å². The molecule has 0 saturated carbocycles. The summed E-state index contributed by atoms with van der Waals surface area (Å²) in [5.74, 6) is -0.0967. The van der Waals surface area contributed by atoms with Gasteiger partial charge < -0.3 is 15.5 Å². The second-order valence-corrected chi connectivity index (χ2v) is 19.3. The number of rotatable bonds is 52. The Bertz CT molecular complexity index is 1420. The second kappa shape index (κ2) is 59.8. The molecule has 0 aromatic rings. The van der Waals surface area contributed by atoms with Crippen molar-refractivity contribution >= 4 is 5.91 Å². The lowest BCUT2D eigenvalue weighted by atomic mass is 10.0. The molecule has 3 N–H and O–H groups in total. The fourth-order valence-electron chi connectivity index (χ4n) is 8.19. The van der Waals surface area contributed by atoms with Crippen LogP contribution in [0.4, 0.5) is 0 Å². The average Bonchev–Trinajstić information content (AvgIpc) is 3.36. The van der Waals surface area contributed by atoms with Crippen molar-refractivity contribution < 1.29 is 15.0 Å². The molecule has 0 rings (SSSR count). The fourth-order valence-corrected chi connectivity index (χ4v) is 8.19. The van der Waals surface area contributed by atoms with Gasteiger partial charge in [0.25, 0.3) is 0 Å². The Kier molecular flexibility index (Phi) is 56.9. The van der Waals surface area contributed by atoms with E-state index in [2.05, 4.69) is 141 Å². The number of carbonyl (C=O) groups excluding carboxylic acids is 1. The zero-order valence-corrected chi connectivity index (χ0v) is 45.7. The summed E-state index contributed by atoms with van der Waals surface area (Å²) in [7, 11) is 0. The van der Waals surface area contributed by atoms with Crippen LogP contribution >= 0.6 is 0 Å². The zero-order chi connectivity index (χ0) is 50.6. The maximum absolute atomic E-state index is 12.5. The molecule has 0 radical (unpaired) electrons. The third-order valence-corrected chi connectivity index (χ3v) is 12.6. The topological polar surface area (TPSA) is 69.6 Å². The SMILES string of the molecule is CC/C=C\C/C=C\C/C=C\C/C=C\C/C=C\C/C=C\C/C=C\C/C=C\C/C=C\CCCCCCCC(=O)NC(CO)C(O)/C=C/CC/C=C/CCCCCCCCCCCCCCCCCCCCC. The van der Waals surface area contributed by atoms with Crippen molar-refractivity contribution in [2.45, 2.75) is 270 Å². The van der Waals surface area contributed by atoms with E-state index in [0.717, 1.165) is 103 Å². The van der Waals surface area contributed by atoms with Gasteiger partial charge in [-0.15, -0.1) is 0 Å². The maximum atomic E-state index is 12.5. The van der Waals surface area contributed by atoms with Crippen LogP contribution in [-0.4, -0.2) is 34.9 Å². The minimum absolute atomic E-state index is 0.0967. The number of hydrogen-bond acceptors (Lipinski definition) is 3. The van der Waals surface area contributed by atoms with Crippen LogP contribution in [-0.2, 0) is 4.79 Å². The quantitative estimate of drug-likeness (QED) is 0.0420. The number of unbranched alkanes of at least 4 members (excludes halogenated alkanes) is 25. The molecular weight excluding hydrogens is 855 g/mol. The van der Waals surface area contributed by atoms with Crippen molar-refractivity contribution in [1.29, 1.82) is 0 Å². The Labute approximate surface area is 434 Å². The Hall–Kier alpha value is -3.47. The van der Waals surface area contributed by atoms with Gasteiger partial charge in [-0.25, -0.2) is 0 Å². The molecule has 0 aliphatic rings. The molecule has 0 bridgehead atoms. The first-order valence-corrected chi connectivity index (χ1v) is 29.4. The smallest absolute Gasteiger partial charge is 0.220 e. The molecule has 4 nitrogen and oxygen atoms in total. The first-order valence-electron chi connectivity index (χ1n) is 29.4.